The van der Waals surface area contributed by atoms with E-state index in [2.05, 4.69) is 6.08 Å². The third kappa shape index (κ3) is 6.39. The van der Waals surface area contributed by atoms with E-state index in [1.54, 1.807) is 18.2 Å². The maximum Gasteiger partial charge on any atom is 0.200 e. The van der Waals surface area contributed by atoms with Crippen LogP contribution in [-0.4, -0.2) is 6.61 Å². The average molecular weight is 463 g/mol. The van der Waals surface area contributed by atoms with Crippen molar-refractivity contribution in [3.63, 3.8) is 0 Å². The summed E-state index contributed by atoms with van der Waals surface area (Å²) >= 11 is 0. The molecular formula is C28H34F4O. The molecule has 0 bridgehead atoms. The van der Waals surface area contributed by atoms with Gasteiger partial charge in [-0.3, -0.25) is 0 Å². The average Bonchev–Trinajstić information content (AvgIpc) is 2.82. The van der Waals surface area contributed by atoms with Gasteiger partial charge in [-0.15, -0.1) is 0 Å². The maximum atomic E-state index is 14.6. The van der Waals surface area contributed by atoms with Crippen molar-refractivity contribution in [2.75, 3.05) is 6.61 Å². The third-order valence-corrected chi connectivity index (χ3v) is 6.50. The van der Waals surface area contributed by atoms with Crippen LogP contribution in [0, 0.1) is 29.2 Å². The third-order valence-electron chi connectivity index (χ3n) is 6.50. The highest BCUT2D eigenvalue weighted by molar-refractivity contribution is 5.32. The van der Waals surface area contributed by atoms with Gasteiger partial charge in [0, 0.05) is 0 Å². The molecule has 0 amide bonds. The van der Waals surface area contributed by atoms with Crippen LogP contribution in [0.5, 0.6) is 5.75 Å². The molecule has 0 aromatic heterocycles. The molecule has 5 heteroatoms. The summed E-state index contributed by atoms with van der Waals surface area (Å²) in [6.45, 7) is 4.21. The van der Waals surface area contributed by atoms with E-state index in [0.29, 0.717) is 48.5 Å². The second-order valence-corrected chi connectivity index (χ2v) is 8.97. The molecule has 0 heterocycles. The summed E-state index contributed by atoms with van der Waals surface area (Å²) in [4.78, 5) is 0. The summed E-state index contributed by atoms with van der Waals surface area (Å²) in [6, 6.07) is 6.57. The van der Waals surface area contributed by atoms with Crippen molar-refractivity contribution in [1.29, 1.82) is 0 Å². The van der Waals surface area contributed by atoms with Gasteiger partial charge in [0.25, 0.3) is 0 Å². The Morgan fingerprint density at radius 1 is 0.788 bits per heavy atom. The van der Waals surface area contributed by atoms with Gasteiger partial charge in [0.2, 0.25) is 5.82 Å². The van der Waals surface area contributed by atoms with Crippen LogP contribution in [-0.2, 0) is 12.8 Å². The van der Waals surface area contributed by atoms with E-state index in [9.17, 15) is 17.6 Å². The van der Waals surface area contributed by atoms with E-state index in [0.717, 1.165) is 38.5 Å². The Bertz CT molecular complexity index is 945. The summed E-state index contributed by atoms with van der Waals surface area (Å²) in [5.74, 6) is -2.75. The van der Waals surface area contributed by atoms with Crippen LogP contribution in [0.1, 0.15) is 81.4 Å². The molecule has 0 radical (unpaired) electrons. The number of halogens is 4. The minimum atomic E-state index is -0.922. The lowest BCUT2D eigenvalue weighted by Gasteiger charge is -2.27. The van der Waals surface area contributed by atoms with Crippen LogP contribution in [0.4, 0.5) is 17.6 Å². The van der Waals surface area contributed by atoms with E-state index in [1.807, 2.05) is 19.9 Å². The standard InChI is InChI=1S/C28H34F4O/c1-3-7-21-14-16-23(27(31)25(21)29)20-12-10-19(11-13-20)8-5-6-9-22-15-17-24(33-18-4-2)28(32)26(22)30/h5,8,14-17,19-20H,3-4,6-7,9-13,18H2,1-2H3/b8-5+. The monoisotopic (exact) mass is 462 g/mol. The van der Waals surface area contributed by atoms with Crippen molar-refractivity contribution in [2.24, 2.45) is 5.92 Å². The summed E-state index contributed by atoms with van der Waals surface area (Å²) < 4.78 is 62.5. The first-order valence-electron chi connectivity index (χ1n) is 12.2. The molecule has 180 valence electrons. The lowest BCUT2D eigenvalue weighted by molar-refractivity contribution is 0.294. The van der Waals surface area contributed by atoms with E-state index in [4.69, 9.17) is 4.74 Å². The van der Waals surface area contributed by atoms with Crippen LogP contribution in [0.25, 0.3) is 0 Å². The van der Waals surface area contributed by atoms with Crippen molar-refractivity contribution in [3.8, 4) is 5.75 Å². The first-order chi connectivity index (χ1) is 16.0. The predicted octanol–water partition coefficient (Wildman–Crippen LogP) is 8.45. The zero-order chi connectivity index (χ0) is 23.8. The van der Waals surface area contributed by atoms with Gasteiger partial charge in [-0.1, -0.05) is 50.6 Å². The van der Waals surface area contributed by atoms with Gasteiger partial charge in [-0.2, -0.15) is 4.39 Å². The van der Waals surface area contributed by atoms with E-state index < -0.39 is 23.3 Å². The first kappa shape index (κ1) is 25.3. The highest BCUT2D eigenvalue weighted by Crippen LogP contribution is 2.38. The van der Waals surface area contributed by atoms with Crippen molar-refractivity contribution in [3.05, 3.63) is 76.4 Å². The fourth-order valence-electron chi connectivity index (χ4n) is 4.62. The summed E-state index contributed by atoms with van der Waals surface area (Å²) in [5.41, 5.74) is 1.29. The molecule has 0 aliphatic heterocycles. The van der Waals surface area contributed by atoms with Gasteiger partial charge < -0.3 is 4.74 Å². The largest absolute Gasteiger partial charge is 0.490 e. The van der Waals surface area contributed by atoms with Gasteiger partial charge >= 0.3 is 0 Å². The Labute approximate surface area is 194 Å². The minimum absolute atomic E-state index is 0.0401. The molecule has 1 aliphatic carbocycles. The van der Waals surface area contributed by atoms with Gasteiger partial charge in [0.05, 0.1) is 6.61 Å². The number of benzene rings is 2. The van der Waals surface area contributed by atoms with Crippen LogP contribution in [0.2, 0.25) is 0 Å². The van der Waals surface area contributed by atoms with Crippen molar-refractivity contribution >= 4 is 0 Å². The number of hydrogen-bond acceptors (Lipinski definition) is 1. The molecule has 0 spiro atoms. The van der Waals surface area contributed by atoms with Gasteiger partial charge in [-0.25, -0.2) is 13.2 Å². The molecule has 0 atom stereocenters. The SMILES string of the molecule is CCCOc1ccc(CC/C=C/C2CCC(c3ccc(CCC)c(F)c3F)CC2)c(F)c1F. The topological polar surface area (TPSA) is 9.23 Å². The normalized spacial score (nSPS) is 18.7. The zero-order valence-electron chi connectivity index (χ0n) is 19.6. The molecule has 2 aromatic carbocycles. The quantitative estimate of drug-likeness (QED) is 0.254. The molecule has 1 fully saturated rings. The molecule has 0 N–H and O–H groups in total. The highest BCUT2D eigenvalue weighted by Gasteiger charge is 2.25. The number of allylic oxidation sites excluding steroid dienone is 2. The van der Waals surface area contributed by atoms with Crippen LogP contribution in [0.3, 0.4) is 0 Å². The van der Waals surface area contributed by atoms with E-state index >= 15 is 0 Å². The summed E-state index contributed by atoms with van der Waals surface area (Å²) in [6.07, 6.45) is 10.7. The highest BCUT2D eigenvalue weighted by atomic mass is 19.2. The van der Waals surface area contributed by atoms with Gasteiger partial charge in [0.1, 0.15) is 0 Å². The second kappa shape index (κ2) is 12.2. The Morgan fingerprint density at radius 2 is 1.45 bits per heavy atom. The fourth-order valence-corrected chi connectivity index (χ4v) is 4.62. The number of rotatable bonds is 10. The van der Waals surface area contributed by atoms with Crippen molar-refractivity contribution < 1.29 is 22.3 Å². The molecule has 33 heavy (non-hydrogen) atoms. The minimum Gasteiger partial charge on any atom is -0.490 e. The van der Waals surface area contributed by atoms with Crippen molar-refractivity contribution in [2.45, 2.75) is 77.6 Å². The van der Waals surface area contributed by atoms with Crippen LogP contribution in [0.15, 0.2) is 36.4 Å². The second-order valence-electron chi connectivity index (χ2n) is 8.97. The fraction of sp³-hybridized carbons (Fsp3) is 0.500. The first-order valence-corrected chi connectivity index (χ1v) is 12.2. The lowest BCUT2D eigenvalue weighted by atomic mass is 9.78. The Kier molecular flexibility index (Phi) is 9.40. The Morgan fingerprint density at radius 3 is 2.15 bits per heavy atom. The molecule has 3 rings (SSSR count). The van der Waals surface area contributed by atoms with Crippen LogP contribution < -0.4 is 4.74 Å². The maximum absolute atomic E-state index is 14.6. The molecule has 0 saturated heterocycles. The Balaban J connectivity index is 1.49. The molecule has 2 aromatic rings. The molecular weight excluding hydrogens is 428 g/mol. The van der Waals surface area contributed by atoms with Crippen LogP contribution >= 0.6 is 0 Å². The number of ether oxygens (including phenoxy) is 1. The van der Waals surface area contributed by atoms with E-state index in [-0.39, 0.29) is 11.7 Å². The number of hydrogen-bond donors (Lipinski definition) is 0. The zero-order valence-corrected chi connectivity index (χ0v) is 19.6. The summed E-state index contributed by atoms with van der Waals surface area (Å²) in [7, 11) is 0. The van der Waals surface area contributed by atoms with E-state index in [1.165, 1.54) is 6.07 Å². The molecule has 1 aliphatic rings. The lowest BCUT2D eigenvalue weighted by Crippen LogP contribution is -2.14. The molecule has 1 nitrogen and oxygen atoms in total. The smallest absolute Gasteiger partial charge is 0.200 e. The Hall–Kier alpha value is -2.30. The molecule has 1 saturated carbocycles. The van der Waals surface area contributed by atoms with Gasteiger partial charge in [-0.05, 0) is 86.0 Å². The predicted molar refractivity (Wildman–Crippen MR) is 125 cm³/mol. The molecule has 0 unspecified atom stereocenters. The number of aryl methyl sites for hydroxylation is 2. The summed E-state index contributed by atoms with van der Waals surface area (Å²) in [5, 5.41) is 0. The van der Waals surface area contributed by atoms with Gasteiger partial charge in [0.15, 0.2) is 23.2 Å². The van der Waals surface area contributed by atoms with Crippen molar-refractivity contribution in [1.82, 2.24) is 0 Å².